The summed E-state index contributed by atoms with van der Waals surface area (Å²) in [6.45, 7) is 2.39. The van der Waals surface area contributed by atoms with E-state index < -0.39 is 5.91 Å². The second-order valence-electron chi connectivity index (χ2n) is 6.28. The van der Waals surface area contributed by atoms with Gasteiger partial charge in [0.1, 0.15) is 24.0 Å². The van der Waals surface area contributed by atoms with E-state index in [1.54, 1.807) is 12.1 Å². The molecule has 0 heterocycles. The standard InChI is InChI=1S/C24H20N2O2/c1-18-7-5-6-10-23(18)26-24(27)21(16-25)15-19-11-13-22(14-12-19)28-17-20-8-3-2-4-9-20/h2-15H,17H2,1H3,(H,26,27)/b21-15+. The highest BCUT2D eigenvalue weighted by atomic mass is 16.5. The largest absolute Gasteiger partial charge is 0.489 e. The minimum absolute atomic E-state index is 0.0428. The Kier molecular flexibility index (Phi) is 6.22. The van der Waals surface area contributed by atoms with Gasteiger partial charge in [0, 0.05) is 5.69 Å². The van der Waals surface area contributed by atoms with E-state index in [0.29, 0.717) is 12.3 Å². The van der Waals surface area contributed by atoms with Gasteiger partial charge in [-0.1, -0.05) is 60.7 Å². The number of hydrogen-bond acceptors (Lipinski definition) is 3. The fourth-order valence-electron chi connectivity index (χ4n) is 2.62. The maximum atomic E-state index is 12.4. The highest BCUT2D eigenvalue weighted by Gasteiger charge is 2.10. The molecule has 0 saturated carbocycles. The zero-order chi connectivity index (χ0) is 19.8. The van der Waals surface area contributed by atoms with Crippen molar-refractivity contribution >= 4 is 17.7 Å². The molecule has 0 radical (unpaired) electrons. The summed E-state index contributed by atoms with van der Waals surface area (Å²) in [4.78, 5) is 12.4. The van der Waals surface area contributed by atoms with Crippen LogP contribution in [0.25, 0.3) is 6.08 Å². The molecule has 4 nitrogen and oxygen atoms in total. The number of carbonyl (C=O) groups excluding carboxylic acids is 1. The average molecular weight is 368 g/mol. The van der Waals surface area contributed by atoms with Crippen LogP contribution in [0.1, 0.15) is 16.7 Å². The smallest absolute Gasteiger partial charge is 0.266 e. The Hall–Kier alpha value is -3.84. The fraction of sp³-hybridized carbons (Fsp3) is 0.0833. The van der Waals surface area contributed by atoms with Crippen LogP contribution in [0.3, 0.4) is 0 Å². The maximum absolute atomic E-state index is 12.4. The topological polar surface area (TPSA) is 62.1 Å². The molecule has 0 unspecified atom stereocenters. The predicted octanol–water partition coefficient (Wildman–Crippen LogP) is 5.12. The van der Waals surface area contributed by atoms with Crippen molar-refractivity contribution in [1.29, 1.82) is 5.26 Å². The second-order valence-corrected chi connectivity index (χ2v) is 6.28. The van der Waals surface area contributed by atoms with E-state index in [0.717, 1.165) is 22.4 Å². The van der Waals surface area contributed by atoms with Gasteiger partial charge in [-0.15, -0.1) is 0 Å². The Bertz CT molecular complexity index is 1020. The monoisotopic (exact) mass is 368 g/mol. The van der Waals surface area contributed by atoms with E-state index in [2.05, 4.69) is 5.32 Å². The number of ether oxygens (including phenoxy) is 1. The minimum atomic E-state index is -0.429. The van der Waals surface area contributed by atoms with Gasteiger partial charge < -0.3 is 10.1 Å². The van der Waals surface area contributed by atoms with Gasteiger partial charge >= 0.3 is 0 Å². The molecule has 0 spiro atoms. The summed E-state index contributed by atoms with van der Waals surface area (Å²) < 4.78 is 5.75. The minimum Gasteiger partial charge on any atom is -0.489 e. The Morgan fingerprint density at radius 1 is 1.00 bits per heavy atom. The fourth-order valence-corrected chi connectivity index (χ4v) is 2.62. The van der Waals surface area contributed by atoms with E-state index in [9.17, 15) is 10.1 Å². The van der Waals surface area contributed by atoms with Crippen molar-refractivity contribution in [3.63, 3.8) is 0 Å². The van der Waals surface area contributed by atoms with Crippen molar-refractivity contribution < 1.29 is 9.53 Å². The molecule has 0 bridgehead atoms. The van der Waals surface area contributed by atoms with E-state index >= 15 is 0 Å². The van der Waals surface area contributed by atoms with Crippen molar-refractivity contribution in [1.82, 2.24) is 0 Å². The number of anilines is 1. The molecule has 0 saturated heterocycles. The van der Waals surface area contributed by atoms with Gasteiger partial charge in [-0.25, -0.2) is 0 Å². The number of para-hydroxylation sites is 1. The lowest BCUT2D eigenvalue weighted by Gasteiger charge is -2.08. The molecule has 138 valence electrons. The van der Waals surface area contributed by atoms with Gasteiger partial charge in [0.05, 0.1) is 0 Å². The van der Waals surface area contributed by atoms with Crippen LogP contribution in [-0.4, -0.2) is 5.91 Å². The molecule has 0 aliphatic heterocycles. The molecule has 0 aromatic heterocycles. The molecule has 0 aliphatic rings. The molecule has 0 atom stereocenters. The molecule has 3 aromatic rings. The van der Waals surface area contributed by atoms with Gasteiger partial charge in [0.2, 0.25) is 0 Å². The van der Waals surface area contributed by atoms with Gasteiger partial charge in [-0.2, -0.15) is 5.26 Å². The number of hydrogen-bond donors (Lipinski definition) is 1. The Morgan fingerprint density at radius 2 is 1.68 bits per heavy atom. The normalized spacial score (nSPS) is 10.8. The van der Waals surface area contributed by atoms with E-state index in [1.165, 1.54) is 0 Å². The first-order valence-electron chi connectivity index (χ1n) is 8.91. The van der Waals surface area contributed by atoms with Crippen LogP contribution in [0.4, 0.5) is 5.69 Å². The lowest BCUT2D eigenvalue weighted by atomic mass is 10.1. The maximum Gasteiger partial charge on any atom is 0.266 e. The van der Waals surface area contributed by atoms with Crippen LogP contribution < -0.4 is 10.1 Å². The van der Waals surface area contributed by atoms with Crippen molar-refractivity contribution in [2.75, 3.05) is 5.32 Å². The zero-order valence-electron chi connectivity index (χ0n) is 15.6. The number of aryl methyl sites for hydroxylation is 1. The summed E-state index contributed by atoms with van der Waals surface area (Å²) in [7, 11) is 0. The number of nitrogens with zero attached hydrogens (tertiary/aromatic N) is 1. The summed E-state index contributed by atoms with van der Waals surface area (Å²) in [6.07, 6.45) is 1.56. The Balaban J connectivity index is 1.66. The SMILES string of the molecule is Cc1ccccc1NC(=O)/C(C#N)=C/c1ccc(OCc2ccccc2)cc1. The average Bonchev–Trinajstić information content (AvgIpc) is 2.73. The van der Waals surface area contributed by atoms with Crippen LogP contribution in [0, 0.1) is 18.3 Å². The summed E-state index contributed by atoms with van der Waals surface area (Å²) >= 11 is 0. The summed E-state index contributed by atoms with van der Waals surface area (Å²) in [5, 5.41) is 12.1. The van der Waals surface area contributed by atoms with Crippen LogP contribution in [0.15, 0.2) is 84.4 Å². The van der Waals surface area contributed by atoms with Crippen LogP contribution in [0.2, 0.25) is 0 Å². The third-order valence-electron chi connectivity index (χ3n) is 4.20. The first-order valence-corrected chi connectivity index (χ1v) is 8.91. The number of carbonyl (C=O) groups is 1. The number of benzene rings is 3. The lowest BCUT2D eigenvalue weighted by molar-refractivity contribution is -0.112. The molecule has 0 aliphatic carbocycles. The van der Waals surface area contributed by atoms with Gasteiger partial charge in [0.25, 0.3) is 5.91 Å². The van der Waals surface area contributed by atoms with Crippen molar-refractivity contribution in [3.05, 3.63) is 101 Å². The quantitative estimate of drug-likeness (QED) is 0.485. The predicted molar refractivity (Wildman–Crippen MR) is 111 cm³/mol. The van der Waals surface area contributed by atoms with Crippen molar-refractivity contribution in [2.24, 2.45) is 0 Å². The summed E-state index contributed by atoms with van der Waals surface area (Å²) in [5.41, 5.74) is 3.52. The van der Waals surface area contributed by atoms with Crippen LogP contribution >= 0.6 is 0 Å². The first-order chi connectivity index (χ1) is 13.7. The lowest BCUT2D eigenvalue weighted by Crippen LogP contribution is -2.14. The third kappa shape index (κ3) is 5.09. The highest BCUT2D eigenvalue weighted by molar-refractivity contribution is 6.09. The summed E-state index contributed by atoms with van der Waals surface area (Å²) in [5.74, 6) is 0.296. The van der Waals surface area contributed by atoms with Gasteiger partial charge in [-0.05, 0) is 47.9 Å². The van der Waals surface area contributed by atoms with E-state index in [-0.39, 0.29) is 5.57 Å². The van der Waals surface area contributed by atoms with Gasteiger partial charge in [0.15, 0.2) is 0 Å². The highest BCUT2D eigenvalue weighted by Crippen LogP contribution is 2.18. The van der Waals surface area contributed by atoms with Gasteiger partial charge in [-0.3, -0.25) is 4.79 Å². The Labute approximate surface area is 164 Å². The van der Waals surface area contributed by atoms with E-state index in [4.69, 9.17) is 4.74 Å². The number of nitrogens with one attached hydrogen (secondary N) is 1. The third-order valence-corrected chi connectivity index (χ3v) is 4.20. The molecule has 0 fully saturated rings. The van der Waals surface area contributed by atoms with Crippen LogP contribution in [-0.2, 0) is 11.4 Å². The number of nitriles is 1. The molecular formula is C24H20N2O2. The molecule has 3 rings (SSSR count). The number of rotatable bonds is 6. The Morgan fingerprint density at radius 3 is 2.36 bits per heavy atom. The van der Waals surface area contributed by atoms with Crippen molar-refractivity contribution in [2.45, 2.75) is 13.5 Å². The molecular weight excluding hydrogens is 348 g/mol. The summed E-state index contributed by atoms with van der Waals surface area (Å²) in [6, 6.07) is 26.6. The first kappa shape index (κ1) is 18.9. The molecule has 1 amide bonds. The second kappa shape index (κ2) is 9.20. The van der Waals surface area contributed by atoms with Crippen LogP contribution in [0.5, 0.6) is 5.75 Å². The number of amides is 1. The molecule has 4 heteroatoms. The molecule has 28 heavy (non-hydrogen) atoms. The van der Waals surface area contributed by atoms with E-state index in [1.807, 2.05) is 85.8 Å². The molecule has 1 N–H and O–H groups in total. The van der Waals surface area contributed by atoms with Crippen molar-refractivity contribution in [3.8, 4) is 11.8 Å². The zero-order valence-corrected chi connectivity index (χ0v) is 15.6. The molecule has 3 aromatic carbocycles.